The molecule has 1 aliphatic carbocycles. The van der Waals surface area contributed by atoms with Crippen LogP contribution in [0.4, 0.5) is 0 Å². The first-order chi connectivity index (χ1) is 15.6. The molecular formula is C26H27N3O3. The highest BCUT2D eigenvalue weighted by Gasteiger charge is 2.30. The van der Waals surface area contributed by atoms with Crippen molar-refractivity contribution in [3.05, 3.63) is 70.4 Å². The molecule has 0 unspecified atom stereocenters. The average Bonchev–Trinajstić information content (AvgIpc) is 3.30. The fraction of sp³-hybridized carbons (Fsp3) is 0.346. The van der Waals surface area contributed by atoms with E-state index in [9.17, 15) is 9.59 Å². The number of para-hydroxylation sites is 1. The van der Waals surface area contributed by atoms with E-state index in [1.807, 2.05) is 53.1 Å². The Morgan fingerprint density at radius 2 is 1.66 bits per heavy atom. The van der Waals surface area contributed by atoms with Crippen LogP contribution in [-0.2, 0) is 12.8 Å². The molecule has 1 aromatic heterocycles. The van der Waals surface area contributed by atoms with Crippen LogP contribution >= 0.6 is 0 Å². The maximum atomic E-state index is 13.6. The third kappa shape index (κ3) is 3.49. The molecule has 0 atom stereocenters. The van der Waals surface area contributed by atoms with Gasteiger partial charge in [-0.25, -0.2) is 0 Å². The van der Waals surface area contributed by atoms with Gasteiger partial charge in [0.2, 0.25) is 0 Å². The average molecular weight is 430 g/mol. The van der Waals surface area contributed by atoms with Gasteiger partial charge >= 0.3 is 0 Å². The number of carbonyl (C=O) groups is 2. The zero-order valence-corrected chi connectivity index (χ0v) is 18.6. The van der Waals surface area contributed by atoms with Crippen molar-refractivity contribution in [1.29, 1.82) is 0 Å². The van der Waals surface area contributed by atoms with Crippen LogP contribution in [0.2, 0.25) is 0 Å². The van der Waals surface area contributed by atoms with E-state index in [0.717, 1.165) is 52.5 Å². The first-order valence-corrected chi connectivity index (χ1v) is 11.2. The number of methoxy groups -OCH3 is 1. The number of ether oxygens (including phenoxy) is 1. The van der Waals surface area contributed by atoms with Gasteiger partial charge in [0.15, 0.2) is 0 Å². The summed E-state index contributed by atoms with van der Waals surface area (Å²) < 4.78 is 5.36. The first kappa shape index (κ1) is 20.5. The fourth-order valence-corrected chi connectivity index (χ4v) is 4.86. The summed E-state index contributed by atoms with van der Waals surface area (Å²) in [6, 6.07) is 13.5. The van der Waals surface area contributed by atoms with E-state index in [2.05, 4.69) is 0 Å². The standard InChI is InChI=1S/C26H27N3O3/c1-17-10-11-18(16-23(17)32-2)25(30)28-12-14-29(15-13-28)26(31)24-19-6-3-4-8-21(19)27-22-9-5-7-20(22)24/h3-4,6,8,10-11,16H,5,7,9,12-15H2,1-2H3. The quantitative estimate of drug-likeness (QED) is 0.638. The maximum absolute atomic E-state index is 13.6. The Bertz CT molecular complexity index is 1210. The molecule has 6 nitrogen and oxygen atoms in total. The van der Waals surface area contributed by atoms with Gasteiger partial charge in [-0.2, -0.15) is 0 Å². The van der Waals surface area contributed by atoms with Crippen LogP contribution < -0.4 is 4.74 Å². The summed E-state index contributed by atoms with van der Waals surface area (Å²) in [7, 11) is 1.61. The van der Waals surface area contributed by atoms with Gasteiger partial charge in [-0.05, 0) is 55.5 Å². The Kier molecular flexibility index (Phi) is 5.29. The SMILES string of the molecule is COc1cc(C(=O)N2CCN(C(=O)c3c4c(nc5ccccc35)CCC4)CC2)ccc1C. The number of piperazine rings is 1. The molecule has 164 valence electrons. The lowest BCUT2D eigenvalue weighted by molar-refractivity contribution is 0.0536. The second kappa shape index (κ2) is 8.26. The molecule has 2 aliphatic rings. The molecule has 32 heavy (non-hydrogen) atoms. The molecule has 5 rings (SSSR count). The number of aryl methyl sites for hydroxylation is 2. The molecule has 2 aromatic carbocycles. The van der Waals surface area contributed by atoms with Gasteiger partial charge in [0.25, 0.3) is 11.8 Å². The van der Waals surface area contributed by atoms with Gasteiger partial charge in [0.1, 0.15) is 5.75 Å². The predicted molar refractivity (Wildman–Crippen MR) is 123 cm³/mol. The Hall–Kier alpha value is -3.41. The highest BCUT2D eigenvalue weighted by molar-refractivity contribution is 6.08. The second-order valence-electron chi connectivity index (χ2n) is 8.55. The lowest BCUT2D eigenvalue weighted by Crippen LogP contribution is -2.50. The van der Waals surface area contributed by atoms with Crippen LogP contribution in [0, 0.1) is 6.92 Å². The van der Waals surface area contributed by atoms with Crippen molar-refractivity contribution in [1.82, 2.24) is 14.8 Å². The molecule has 0 N–H and O–H groups in total. The number of fused-ring (bicyclic) bond motifs is 2. The summed E-state index contributed by atoms with van der Waals surface area (Å²) in [4.78, 5) is 35.1. The summed E-state index contributed by atoms with van der Waals surface area (Å²) in [6.07, 6.45) is 2.88. The lowest BCUT2D eigenvalue weighted by Gasteiger charge is -2.35. The molecule has 6 heteroatoms. The minimum absolute atomic E-state index is 0.0225. The van der Waals surface area contributed by atoms with Gasteiger partial charge in [-0.3, -0.25) is 14.6 Å². The molecule has 0 radical (unpaired) electrons. The minimum atomic E-state index is -0.0225. The number of pyridine rings is 1. The van der Waals surface area contributed by atoms with Gasteiger partial charge in [-0.15, -0.1) is 0 Å². The van der Waals surface area contributed by atoms with Crippen LogP contribution in [0.25, 0.3) is 10.9 Å². The van der Waals surface area contributed by atoms with E-state index in [1.54, 1.807) is 13.2 Å². The maximum Gasteiger partial charge on any atom is 0.255 e. The molecule has 1 aliphatic heterocycles. The van der Waals surface area contributed by atoms with Gasteiger partial charge in [-0.1, -0.05) is 24.3 Å². The smallest absolute Gasteiger partial charge is 0.255 e. The molecule has 1 fully saturated rings. The summed E-state index contributed by atoms with van der Waals surface area (Å²) >= 11 is 0. The Labute approximate surface area is 187 Å². The summed E-state index contributed by atoms with van der Waals surface area (Å²) in [5, 5.41) is 0.934. The number of hydrogen-bond acceptors (Lipinski definition) is 4. The highest BCUT2D eigenvalue weighted by Crippen LogP contribution is 2.31. The Morgan fingerprint density at radius 1 is 0.938 bits per heavy atom. The molecular weight excluding hydrogens is 402 g/mol. The van der Waals surface area contributed by atoms with Crippen LogP contribution in [0.1, 0.15) is 44.0 Å². The third-order valence-corrected chi connectivity index (χ3v) is 6.64. The number of benzene rings is 2. The third-order valence-electron chi connectivity index (χ3n) is 6.64. The van der Waals surface area contributed by atoms with Gasteiger partial charge in [0, 0.05) is 42.8 Å². The first-order valence-electron chi connectivity index (χ1n) is 11.2. The number of amides is 2. The molecule has 3 aromatic rings. The number of rotatable bonds is 3. The van der Waals surface area contributed by atoms with E-state index in [4.69, 9.17) is 9.72 Å². The van der Waals surface area contributed by atoms with E-state index in [0.29, 0.717) is 37.5 Å². The van der Waals surface area contributed by atoms with Crippen molar-refractivity contribution >= 4 is 22.7 Å². The van der Waals surface area contributed by atoms with Crippen LogP contribution in [0.5, 0.6) is 5.75 Å². The van der Waals surface area contributed by atoms with Crippen molar-refractivity contribution in [2.24, 2.45) is 0 Å². The van der Waals surface area contributed by atoms with E-state index < -0.39 is 0 Å². The van der Waals surface area contributed by atoms with Crippen molar-refractivity contribution in [3.63, 3.8) is 0 Å². The van der Waals surface area contributed by atoms with E-state index in [1.165, 1.54) is 0 Å². The monoisotopic (exact) mass is 429 g/mol. The Morgan fingerprint density at radius 3 is 2.41 bits per heavy atom. The molecule has 1 saturated heterocycles. The predicted octanol–water partition coefficient (Wildman–Crippen LogP) is 3.64. The topological polar surface area (TPSA) is 62.7 Å². The van der Waals surface area contributed by atoms with Crippen LogP contribution in [0.15, 0.2) is 42.5 Å². The van der Waals surface area contributed by atoms with Crippen molar-refractivity contribution in [2.45, 2.75) is 26.2 Å². The summed E-state index contributed by atoms with van der Waals surface area (Å²) in [5.74, 6) is 0.750. The number of carbonyl (C=O) groups excluding carboxylic acids is 2. The Balaban J connectivity index is 1.35. The molecule has 0 bridgehead atoms. The van der Waals surface area contributed by atoms with E-state index in [-0.39, 0.29) is 11.8 Å². The van der Waals surface area contributed by atoms with E-state index >= 15 is 0 Å². The second-order valence-corrected chi connectivity index (χ2v) is 8.55. The van der Waals surface area contributed by atoms with Gasteiger partial charge < -0.3 is 14.5 Å². The van der Waals surface area contributed by atoms with Crippen molar-refractivity contribution in [3.8, 4) is 5.75 Å². The highest BCUT2D eigenvalue weighted by atomic mass is 16.5. The summed E-state index contributed by atoms with van der Waals surface area (Å²) in [5.41, 5.74) is 5.49. The molecule has 2 amide bonds. The summed E-state index contributed by atoms with van der Waals surface area (Å²) in [6.45, 7) is 4.05. The van der Waals surface area contributed by atoms with Crippen LogP contribution in [-0.4, -0.2) is 59.9 Å². The van der Waals surface area contributed by atoms with Gasteiger partial charge in [0.05, 0.1) is 18.2 Å². The van der Waals surface area contributed by atoms with Crippen molar-refractivity contribution in [2.75, 3.05) is 33.3 Å². The number of hydrogen-bond donors (Lipinski definition) is 0. The van der Waals surface area contributed by atoms with Crippen molar-refractivity contribution < 1.29 is 14.3 Å². The minimum Gasteiger partial charge on any atom is -0.496 e. The molecule has 2 heterocycles. The van der Waals surface area contributed by atoms with Crippen LogP contribution in [0.3, 0.4) is 0 Å². The molecule has 0 saturated carbocycles. The lowest BCUT2D eigenvalue weighted by atomic mass is 9.99. The molecule has 0 spiro atoms. The zero-order valence-electron chi connectivity index (χ0n) is 18.6. The zero-order chi connectivity index (χ0) is 22.2. The largest absolute Gasteiger partial charge is 0.496 e. The fourth-order valence-electron chi connectivity index (χ4n) is 4.86. The number of aromatic nitrogens is 1. The number of nitrogens with zero attached hydrogens (tertiary/aromatic N) is 3. The normalized spacial score (nSPS) is 15.7.